The number of hydrogen-bond acceptors (Lipinski definition) is 1. The van der Waals surface area contributed by atoms with Crippen LogP contribution >= 0.6 is 24.0 Å². The third-order valence-corrected chi connectivity index (χ3v) is 2.39. The zero-order chi connectivity index (χ0) is 9.80. The molecule has 0 saturated carbocycles. The molecule has 1 aromatic carbocycles. The summed E-state index contributed by atoms with van der Waals surface area (Å²) in [6.07, 6.45) is 2.56. The predicted molar refractivity (Wildman–Crippen MR) is 65.7 cm³/mol. The van der Waals surface area contributed by atoms with Gasteiger partial charge < -0.3 is 0 Å². The molecule has 1 nitrogen and oxygen atoms in total. The molecule has 0 spiro atoms. The largest absolute Gasteiger partial charge is 0.259 e. The maximum absolute atomic E-state index is 6.01. The first-order valence-electron chi connectivity index (χ1n) is 4.49. The van der Waals surface area contributed by atoms with Crippen molar-refractivity contribution >= 4 is 24.0 Å². The van der Waals surface area contributed by atoms with E-state index in [9.17, 15) is 0 Å². The molecule has 0 bridgehead atoms. The van der Waals surface area contributed by atoms with Crippen LogP contribution in [0.2, 0.25) is 5.02 Å². The SMILES string of the molecule is Cl.Clc1cccnc1Cc1ccccc1. The highest BCUT2D eigenvalue weighted by atomic mass is 35.5. The van der Waals surface area contributed by atoms with E-state index in [1.165, 1.54) is 5.56 Å². The minimum absolute atomic E-state index is 0. The molecule has 2 rings (SSSR count). The Morgan fingerprint density at radius 1 is 1.00 bits per heavy atom. The molecule has 0 fully saturated rings. The van der Waals surface area contributed by atoms with Crippen molar-refractivity contribution in [3.63, 3.8) is 0 Å². The zero-order valence-corrected chi connectivity index (χ0v) is 9.63. The fraction of sp³-hybridized carbons (Fsp3) is 0.0833. The van der Waals surface area contributed by atoms with E-state index in [0.29, 0.717) is 0 Å². The van der Waals surface area contributed by atoms with Gasteiger partial charge in [-0.15, -0.1) is 12.4 Å². The molecule has 3 heteroatoms. The number of pyridine rings is 1. The Morgan fingerprint density at radius 3 is 2.40 bits per heavy atom. The molecule has 2 aromatic rings. The Morgan fingerprint density at radius 2 is 1.73 bits per heavy atom. The van der Waals surface area contributed by atoms with Gasteiger partial charge in [-0.2, -0.15) is 0 Å². The summed E-state index contributed by atoms with van der Waals surface area (Å²) in [5.41, 5.74) is 2.16. The first-order valence-corrected chi connectivity index (χ1v) is 4.87. The van der Waals surface area contributed by atoms with Crippen LogP contribution in [0.5, 0.6) is 0 Å². The number of hydrogen-bond donors (Lipinski definition) is 0. The van der Waals surface area contributed by atoms with Crippen LogP contribution in [0.4, 0.5) is 0 Å². The van der Waals surface area contributed by atoms with Gasteiger partial charge in [0.25, 0.3) is 0 Å². The molecular formula is C12H11Cl2N. The van der Waals surface area contributed by atoms with Crippen molar-refractivity contribution in [2.45, 2.75) is 6.42 Å². The van der Waals surface area contributed by atoms with Crippen molar-refractivity contribution in [3.05, 3.63) is 64.9 Å². The first kappa shape index (κ1) is 12.0. The fourth-order valence-electron chi connectivity index (χ4n) is 1.34. The summed E-state index contributed by atoms with van der Waals surface area (Å²) in [4.78, 5) is 4.24. The van der Waals surface area contributed by atoms with Crippen LogP contribution in [0.15, 0.2) is 48.7 Å². The summed E-state index contributed by atoms with van der Waals surface area (Å²) in [7, 11) is 0. The van der Waals surface area contributed by atoms with Gasteiger partial charge >= 0.3 is 0 Å². The Labute approximate surface area is 101 Å². The summed E-state index contributed by atoms with van der Waals surface area (Å²) in [5.74, 6) is 0. The normalized spacial score (nSPS) is 9.40. The van der Waals surface area contributed by atoms with Crippen LogP contribution in [0, 0.1) is 0 Å². The molecule has 15 heavy (non-hydrogen) atoms. The lowest BCUT2D eigenvalue weighted by Crippen LogP contribution is -1.92. The van der Waals surface area contributed by atoms with Crippen molar-refractivity contribution in [3.8, 4) is 0 Å². The summed E-state index contributed by atoms with van der Waals surface area (Å²) < 4.78 is 0. The zero-order valence-electron chi connectivity index (χ0n) is 8.06. The fourth-order valence-corrected chi connectivity index (χ4v) is 1.53. The number of aromatic nitrogens is 1. The number of rotatable bonds is 2. The average Bonchev–Trinajstić information content (AvgIpc) is 2.23. The summed E-state index contributed by atoms with van der Waals surface area (Å²) in [6.45, 7) is 0. The topological polar surface area (TPSA) is 12.9 Å². The maximum Gasteiger partial charge on any atom is 0.0633 e. The van der Waals surface area contributed by atoms with E-state index in [0.717, 1.165) is 17.1 Å². The van der Waals surface area contributed by atoms with E-state index in [-0.39, 0.29) is 12.4 Å². The molecule has 78 valence electrons. The third kappa shape index (κ3) is 3.22. The smallest absolute Gasteiger partial charge is 0.0633 e. The van der Waals surface area contributed by atoms with Gasteiger partial charge in [-0.25, -0.2) is 0 Å². The molecule has 0 atom stereocenters. The minimum atomic E-state index is 0. The van der Waals surface area contributed by atoms with E-state index in [1.54, 1.807) is 6.20 Å². The molecule has 0 N–H and O–H groups in total. The second kappa shape index (κ2) is 5.74. The van der Waals surface area contributed by atoms with E-state index >= 15 is 0 Å². The van der Waals surface area contributed by atoms with E-state index in [1.807, 2.05) is 30.3 Å². The van der Waals surface area contributed by atoms with Crippen LogP contribution in [0.1, 0.15) is 11.3 Å². The monoisotopic (exact) mass is 239 g/mol. The van der Waals surface area contributed by atoms with Crippen LogP contribution in [-0.2, 0) is 6.42 Å². The summed E-state index contributed by atoms with van der Waals surface area (Å²) >= 11 is 6.01. The van der Waals surface area contributed by atoms with Crippen LogP contribution in [0.25, 0.3) is 0 Å². The van der Waals surface area contributed by atoms with Crippen molar-refractivity contribution in [2.75, 3.05) is 0 Å². The van der Waals surface area contributed by atoms with E-state index < -0.39 is 0 Å². The first-order chi connectivity index (χ1) is 6.86. The molecule has 0 aliphatic heterocycles. The van der Waals surface area contributed by atoms with Gasteiger partial charge in [0.1, 0.15) is 0 Å². The van der Waals surface area contributed by atoms with Gasteiger partial charge in [-0.3, -0.25) is 4.98 Å². The quantitative estimate of drug-likeness (QED) is 0.779. The second-order valence-corrected chi connectivity index (χ2v) is 3.50. The second-order valence-electron chi connectivity index (χ2n) is 3.09. The van der Waals surface area contributed by atoms with Crippen LogP contribution < -0.4 is 0 Å². The number of nitrogens with zero attached hydrogens (tertiary/aromatic N) is 1. The standard InChI is InChI=1S/C12H10ClN.ClH/c13-11-7-4-8-14-12(11)9-10-5-2-1-3-6-10;/h1-8H,9H2;1H. The highest BCUT2D eigenvalue weighted by Gasteiger charge is 2.00. The van der Waals surface area contributed by atoms with Gasteiger partial charge in [0.05, 0.1) is 10.7 Å². The Balaban J connectivity index is 0.00000112. The van der Waals surface area contributed by atoms with E-state index in [4.69, 9.17) is 11.6 Å². The minimum Gasteiger partial charge on any atom is -0.259 e. The van der Waals surface area contributed by atoms with Gasteiger partial charge in [0.15, 0.2) is 0 Å². The molecule has 0 aliphatic carbocycles. The molecule has 0 radical (unpaired) electrons. The summed E-state index contributed by atoms with van der Waals surface area (Å²) in [5, 5.41) is 0.733. The lowest BCUT2D eigenvalue weighted by Gasteiger charge is -2.02. The Bertz CT molecular complexity index is 415. The molecule has 1 aromatic heterocycles. The Kier molecular flexibility index (Phi) is 4.60. The van der Waals surface area contributed by atoms with Crippen LogP contribution in [0.3, 0.4) is 0 Å². The number of halogens is 2. The lowest BCUT2D eigenvalue weighted by atomic mass is 10.1. The maximum atomic E-state index is 6.01. The van der Waals surface area contributed by atoms with Crippen molar-refractivity contribution in [1.29, 1.82) is 0 Å². The highest BCUT2D eigenvalue weighted by Crippen LogP contribution is 2.15. The molecule has 1 heterocycles. The van der Waals surface area contributed by atoms with Crippen molar-refractivity contribution < 1.29 is 0 Å². The highest BCUT2D eigenvalue weighted by molar-refractivity contribution is 6.31. The van der Waals surface area contributed by atoms with Gasteiger partial charge in [-0.1, -0.05) is 41.9 Å². The van der Waals surface area contributed by atoms with E-state index in [2.05, 4.69) is 17.1 Å². The third-order valence-electron chi connectivity index (χ3n) is 2.05. The predicted octanol–water partition coefficient (Wildman–Crippen LogP) is 3.75. The molecule has 0 saturated heterocycles. The van der Waals surface area contributed by atoms with Crippen molar-refractivity contribution in [2.24, 2.45) is 0 Å². The molecule has 0 aliphatic rings. The summed E-state index contributed by atoms with van der Waals surface area (Å²) in [6, 6.07) is 13.9. The van der Waals surface area contributed by atoms with Gasteiger partial charge in [-0.05, 0) is 17.7 Å². The van der Waals surface area contributed by atoms with Crippen molar-refractivity contribution in [1.82, 2.24) is 4.98 Å². The van der Waals surface area contributed by atoms with Crippen LogP contribution in [-0.4, -0.2) is 4.98 Å². The lowest BCUT2D eigenvalue weighted by molar-refractivity contribution is 1.07. The molecule has 0 amide bonds. The Hall–Kier alpha value is -1.05. The number of benzene rings is 1. The molecule has 0 unspecified atom stereocenters. The van der Waals surface area contributed by atoms with Gasteiger partial charge in [0.2, 0.25) is 0 Å². The molecular weight excluding hydrogens is 229 g/mol. The van der Waals surface area contributed by atoms with Gasteiger partial charge in [0, 0.05) is 12.6 Å². The average molecular weight is 240 g/mol.